The van der Waals surface area contributed by atoms with Gasteiger partial charge in [-0.3, -0.25) is 0 Å². The molecule has 1 aromatic carbocycles. The molecule has 88 valence electrons. The topological polar surface area (TPSA) is 51.2 Å². The first-order valence-corrected chi connectivity index (χ1v) is 5.80. The lowest BCUT2D eigenvalue weighted by atomic mass is 10.1. The average Bonchev–Trinajstić information content (AvgIpc) is 2.78. The number of nitrogens with one attached hydrogen (secondary N) is 1. The maximum atomic E-state index is 6.06. The highest BCUT2D eigenvalue weighted by molar-refractivity contribution is 7.80. The van der Waals surface area contributed by atoms with E-state index >= 15 is 0 Å². The predicted molar refractivity (Wildman–Crippen MR) is 73.4 cm³/mol. The third-order valence-corrected chi connectivity index (χ3v) is 2.84. The van der Waals surface area contributed by atoms with Crippen LogP contribution in [0.5, 0.6) is 0 Å². The summed E-state index contributed by atoms with van der Waals surface area (Å²) in [6, 6.07) is 7.39. The van der Waals surface area contributed by atoms with E-state index in [4.69, 9.17) is 34.0 Å². The molecule has 1 heterocycles. The fraction of sp³-hybridized carbons (Fsp3) is 0.0833. The number of thiocarbonyl (C=S) groups is 1. The number of anilines is 1. The van der Waals surface area contributed by atoms with E-state index in [-0.39, 0.29) is 4.99 Å². The lowest BCUT2D eigenvalue weighted by molar-refractivity contribution is 0.564. The summed E-state index contributed by atoms with van der Waals surface area (Å²) in [4.78, 5) is 0.283. The van der Waals surface area contributed by atoms with Gasteiger partial charge < -0.3 is 15.5 Å². The normalized spacial score (nSPS) is 10.2. The minimum Gasteiger partial charge on any atom is -0.472 e. The first kappa shape index (κ1) is 12.0. The van der Waals surface area contributed by atoms with Crippen LogP contribution in [0.4, 0.5) is 5.69 Å². The van der Waals surface area contributed by atoms with Gasteiger partial charge in [0.1, 0.15) is 4.99 Å². The number of hydrogen-bond donors (Lipinski definition) is 2. The molecule has 0 fully saturated rings. The Morgan fingerprint density at radius 3 is 2.88 bits per heavy atom. The average molecular weight is 267 g/mol. The van der Waals surface area contributed by atoms with Crippen molar-refractivity contribution in [1.29, 1.82) is 0 Å². The lowest BCUT2D eigenvalue weighted by Crippen LogP contribution is -2.13. The van der Waals surface area contributed by atoms with Crippen LogP contribution in [0.2, 0.25) is 5.02 Å². The van der Waals surface area contributed by atoms with Crippen LogP contribution in [0, 0.1) is 0 Å². The Morgan fingerprint density at radius 2 is 2.24 bits per heavy atom. The van der Waals surface area contributed by atoms with Crippen molar-refractivity contribution in [3.63, 3.8) is 0 Å². The number of benzene rings is 1. The SMILES string of the molecule is NC(=S)c1c(Cl)cccc1NCc1ccoc1. The molecular weight excluding hydrogens is 256 g/mol. The summed E-state index contributed by atoms with van der Waals surface area (Å²) >= 11 is 11.0. The summed E-state index contributed by atoms with van der Waals surface area (Å²) in [6.45, 7) is 0.631. The molecule has 0 aliphatic heterocycles. The second-order valence-corrected chi connectivity index (χ2v) is 4.36. The summed E-state index contributed by atoms with van der Waals surface area (Å²) in [6.07, 6.45) is 3.31. The first-order chi connectivity index (χ1) is 8.18. The second kappa shape index (κ2) is 5.21. The number of nitrogens with two attached hydrogens (primary N) is 1. The van der Waals surface area contributed by atoms with Gasteiger partial charge in [0.05, 0.1) is 23.1 Å². The largest absolute Gasteiger partial charge is 0.472 e. The van der Waals surface area contributed by atoms with Crippen LogP contribution in [0.15, 0.2) is 41.2 Å². The van der Waals surface area contributed by atoms with Crippen LogP contribution in [0.3, 0.4) is 0 Å². The van der Waals surface area contributed by atoms with E-state index in [9.17, 15) is 0 Å². The number of halogens is 1. The zero-order chi connectivity index (χ0) is 12.3. The molecule has 2 rings (SSSR count). The maximum Gasteiger partial charge on any atom is 0.107 e. The van der Waals surface area contributed by atoms with E-state index in [1.807, 2.05) is 18.2 Å². The molecule has 0 radical (unpaired) electrons. The van der Waals surface area contributed by atoms with Gasteiger partial charge in [-0.15, -0.1) is 0 Å². The quantitative estimate of drug-likeness (QED) is 0.835. The van der Waals surface area contributed by atoms with Crippen LogP contribution < -0.4 is 11.1 Å². The van der Waals surface area contributed by atoms with Crippen LogP contribution >= 0.6 is 23.8 Å². The third-order valence-electron chi connectivity index (χ3n) is 2.32. The van der Waals surface area contributed by atoms with Crippen molar-refractivity contribution in [2.45, 2.75) is 6.54 Å². The standard InChI is InChI=1S/C12H11ClN2OS/c13-9-2-1-3-10(11(9)12(14)17)15-6-8-4-5-16-7-8/h1-5,7,15H,6H2,(H2,14,17). The van der Waals surface area contributed by atoms with E-state index in [1.54, 1.807) is 18.6 Å². The minimum absolute atomic E-state index is 0.283. The molecule has 5 heteroatoms. The Bertz CT molecular complexity index is 525. The molecule has 0 saturated heterocycles. The molecule has 0 aliphatic rings. The van der Waals surface area contributed by atoms with Crippen molar-refractivity contribution in [2.24, 2.45) is 5.73 Å². The van der Waals surface area contributed by atoms with Crippen molar-refractivity contribution < 1.29 is 4.42 Å². The van der Waals surface area contributed by atoms with E-state index in [1.165, 1.54) is 0 Å². The fourth-order valence-corrected chi connectivity index (χ4v) is 2.06. The van der Waals surface area contributed by atoms with Gasteiger partial charge >= 0.3 is 0 Å². The van der Waals surface area contributed by atoms with Gasteiger partial charge in [-0.2, -0.15) is 0 Å². The van der Waals surface area contributed by atoms with Gasteiger partial charge in [0.25, 0.3) is 0 Å². The highest BCUT2D eigenvalue weighted by Gasteiger charge is 2.09. The summed E-state index contributed by atoms with van der Waals surface area (Å²) in [5, 5.41) is 3.78. The predicted octanol–water partition coefficient (Wildman–Crippen LogP) is 3.18. The van der Waals surface area contributed by atoms with Crippen LogP contribution in [0.1, 0.15) is 11.1 Å². The van der Waals surface area contributed by atoms with E-state index < -0.39 is 0 Å². The van der Waals surface area contributed by atoms with Gasteiger partial charge in [0.2, 0.25) is 0 Å². The summed E-state index contributed by atoms with van der Waals surface area (Å²) < 4.78 is 4.99. The molecule has 0 saturated carbocycles. The molecule has 3 N–H and O–H groups in total. The summed E-state index contributed by atoms with van der Waals surface area (Å²) in [5.74, 6) is 0. The highest BCUT2D eigenvalue weighted by atomic mass is 35.5. The molecule has 2 aromatic rings. The summed E-state index contributed by atoms with van der Waals surface area (Å²) in [5.41, 5.74) is 8.19. The van der Waals surface area contributed by atoms with Gasteiger partial charge in [-0.05, 0) is 18.2 Å². The van der Waals surface area contributed by atoms with Crippen molar-refractivity contribution in [3.05, 3.63) is 52.9 Å². The Kier molecular flexibility index (Phi) is 3.66. The molecule has 0 atom stereocenters. The van der Waals surface area contributed by atoms with Gasteiger partial charge in [-0.25, -0.2) is 0 Å². The number of furan rings is 1. The molecule has 17 heavy (non-hydrogen) atoms. The minimum atomic E-state index is 0.283. The molecule has 1 aromatic heterocycles. The lowest BCUT2D eigenvalue weighted by Gasteiger charge is -2.11. The smallest absolute Gasteiger partial charge is 0.107 e. The maximum absolute atomic E-state index is 6.06. The van der Waals surface area contributed by atoms with E-state index in [0.717, 1.165) is 11.3 Å². The van der Waals surface area contributed by atoms with Crippen molar-refractivity contribution in [1.82, 2.24) is 0 Å². The molecular formula is C12H11ClN2OS. The Morgan fingerprint density at radius 1 is 1.41 bits per heavy atom. The second-order valence-electron chi connectivity index (χ2n) is 3.51. The Balaban J connectivity index is 2.21. The van der Waals surface area contributed by atoms with Gasteiger partial charge in [-0.1, -0.05) is 29.9 Å². The Labute approximate surface area is 110 Å². The first-order valence-electron chi connectivity index (χ1n) is 5.01. The van der Waals surface area contributed by atoms with E-state index in [2.05, 4.69) is 5.32 Å². The number of rotatable bonds is 4. The third kappa shape index (κ3) is 2.78. The van der Waals surface area contributed by atoms with Crippen molar-refractivity contribution in [2.75, 3.05) is 5.32 Å². The molecule has 0 spiro atoms. The molecule has 3 nitrogen and oxygen atoms in total. The van der Waals surface area contributed by atoms with E-state index in [0.29, 0.717) is 17.1 Å². The highest BCUT2D eigenvalue weighted by Crippen LogP contribution is 2.24. The molecule has 0 amide bonds. The zero-order valence-corrected chi connectivity index (χ0v) is 10.5. The molecule has 0 unspecified atom stereocenters. The Hall–Kier alpha value is -1.52. The van der Waals surface area contributed by atoms with Crippen LogP contribution in [-0.2, 0) is 6.54 Å². The van der Waals surface area contributed by atoms with Crippen molar-refractivity contribution in [3.8, 4) is 0 Å². The van der Waals surface area contributed by atoms with Crippen molar-refractivity contribution >= 4 is 34.5 Å². The number of hydrogen-bond acceptors (Lipinski definition) is 3. The summed E-state index contributed by atoms with van der Waals surface area (Å²) in [7, 11) is 0. The van der Waals surface area contributed by atoms with Gasteiger partial charge in [0.15, 0.2) is 0 Å². The zero-order valence-electron chi connectivity index (χ0n) is 8.94. The van der Waals surface area contributed by atoms with Crippen LogP contribution in [-0.4, -0.2) is 4.99 Å². The monoisotopic (exact) mass is 266 g/mol. The molecule has 0 aliphatic carbocycles. The van der Waals surface area contributed by atoms with Crippen LogP contribution in [0.25, 0.3) is 0 Å². The fourth-order valence-electron chi connectivity index (χ4n) is 1.51. The molecule has 0 bridgehead atoms. The van der Waals surface area contributed by atoms with Gasteiger partial charge in [0, 0.05) is 17.8 Å².